The number of methoxy groups -OCH3 is 1. The molecular weight excluding hydrogens is 412 g/mol. The zero-order valence-electron chi connectivity index (χ0n) is 16.5. The molecule has 1 heterocycles. The summed E-state index contributed by atoms with van der Waals surface area (Å²) < 4.78 is 32.6. The first kappa shape index (κ1) is 21.6. The number of amides is 1. The fourth-order valence-corrected chi connectivity index (χ4v) is 5.21. The molecule has 6 nitrogen and oxygen atoms in total. The van der Waals surface area contributed by atoms with Gasteiger partial charge in [-0.3, -0.25) is 4.79 Å². The Labute approximate surface area is 176 Å². The molecular formula is C21H25ClN2O4S. The van der Waals surface area contributed by atoms with Crippen molar-refractivity contribution >= 4 is 27.5 Å². The Hall–Kier alpha value is -2.09. The van der Waals surface area contributed by atoms with Gasteiger partial charge in [0.05, 0.1) is 24.0 Å². The topological polar surface area (TPSA) is 75.7 Å². The highest BCUT2D eigenvalue weighted by molar-refractivity contribution is 7.89. The van der Waals surface area contributed by atoms with E-state index in [9.17, 15) is 13.2 Å². The number of halogens is 1. The van der Waals surface area contributed by atoms with Crippen molar-refractivity contribution < 1.29 is 17.9 Å². The minimum absolute atomic E-state index is 0.153. The Bertz CT molecular complexity index is 963. The highest BCUT2D eigenvalue weighted by atomic mass is 35.5. The van der Waals surface area contributed by atoms with E-state index in [4.69, 9.17) is 16.3 Å². The Balaban J connectivity index is 1.70. The van der Waals surface area contributed by atoms with Crippen molar-refractivity contribution in [3.05, 3.63) is 59.1 Å². The minimum atomic E-state index is -3.66. The first-order valence-electron chi connectivity index (χ1n) is 9.52. The van der Waals surface area contributed by atoms with E-state index in [2.05, 4.69) is 5.32 Å². The van der Waals surface area contributed by atoms with E-state index in [1.165, 1.54) is 16.4 Å². The number of para-hydroxylation sites is 1. The van der Waals surface area contributed by atoms with Crippen LogP contribution in [0.5, 0.6) is 5.75 Å². The lowest BCUT2D eigenvalue weighted by Gasteiger charge is -2.32. The lowest BCUT2D eigenvalue weighted by atomic mass is 9.97. The zero-order chi connectivity index (χ0) is 21.0. The number of sulfonamides is 1. The van der Waals surface area contributed by atoms with Crippen LogP contribution >= 0.6 is 11.6 Å². The smallest absolute Gasteiger partial charge is 0.243 e. The first-order chi connectivity index (χ1) is 13.8. The van der Waals surface area contributed by atoms with Gasteiger partial charge in [-0.1, -0.05) is 29.8 Å². The molecule has 29 heavy (non-hydrogen) atoms. The maximum Gasteiger partial charge on any atom is 0.243 e. The van der Waals surface area contributed by atoms with Gasteiger partial charge in [-0.2, -0.15) is 4.31 Å². The van der Waals surface area contributed by atoms with Gasteiger partial charge in [-0.15, -0.1) is 0 Å². The van der Waals surface area contributed by atoms with Gasteiger partial charge < -0.3 is 10.1 Å². The van der Waals surface area contributed by atoms with Gasteiger partial charge in [0.2, 0.25) is 15.9 Å². The van der Waals surface area contributed by atoms with Gasteiger partial charge in [0.25, 0.3) is 0 Å². The molecule has 0 aliphatic carbocycles. The predicted octanol–water partition coefficient (Wildman–Crippen LogP) is 3.63. The lowest BCUT2D eigenvalue weighted by molar-refractivity contribution is -0.126. The maximum absolute atomic E-state index is 12.9. The van der Waals surface area contributed by atoms with E-state index in [0.29, 0.717) is 30.2 Å². The highest BCUT2D eigenvalue weighted by Gasteiger charge is 2.33. The molecule has 1 saturated heterocycles. The number of rotatable bonds is 6. The molecule has 0 bridgehead atoms. The molecule has 1 aliphatic heterocycles. The number of hydrogen-bond donors (Lipinski definition) is 1. The molecule has 0 aromatic heterocycles. The zero-order valence-corrected chi connectivity index (χ0v) is 18.0. The van der Waals surface area contributed by atoms with E-state index >= 15 is 0 Å². The molecule has 2 aromatic carbocycles. The summed E-state index contributed by atoms with van der Waals surface area (Å²) in [5.74, 6) is 0.151. The van der Waals surface area contributed by atoms with Crippen molar-refractivity contribution in [2.75, 3.05) is 20.2 Å². The normalized spacial score (nSPS) is 18.8. The van der Waals surface area contributed by atoms with Crippen molar-refractivity contribution in [3.8, 4) is 5.75 Å². The number of benzene rings is 2. The number of nitrogens with zero attached hydrogens (tertiary/aromatic N) is 1. The number of carbonyl (C=O) groups excluding carboxylic acids is 1. The Kier molecular flexibility index (Phi) is 6.82. The van der Waals surface area contributed by atoms with Crippen LogP contribution in [0.4, 0.5) is 0 Å². The third kappa shape index (κ3) is 4.91. The Morgan fingerprint density at radius 3 is 2.59 bits per heavy atom. The SMILES string of the molecule is COc1ccccc1C(C)NC(=O)C1CCCN(S(=O)(=O)c2ccc(Cl)cc2)C1. The molecule has 0 saturated carbocycles. The van der Waals surface area contributed by atoms with Gasteiger partial charge in [0, 0.05) is 23.7 Å². The molecule has 0 radical (unpaired) electrons. The van der Waals surface area contributed by atoms with Crippen LogP contribution in [0.1, 0.15) is 31.4 Å². The van der Waals surface area contributed by atoms with Crippen LogP contribution in [0.2, 0.25) is 5.02 Å². The second-order valence-corrected chi connectivity index (χ2v) is 9.50. The number of ether oxygens (including phenoxy) is 1. The highest BCUT2D eigenvalue weighted by Crippen LogP contribution is 2.27. The van der Waals surface area contributed by atoms with Crippen LogP contribution in [0.15, 0.2) is 53.4 Å². The quantitative estimate of drug-likeness (QED) is 0.750. The summed E-state index contributed by atoms with van der Waals surface area (Å²) in [6.45, 7) is 2.45. The summed E-state index contributed by atoms with van der Waals surface area (Å²) in [4.78, 5) is 13.0. The first-order valence-corrected chi connectivity index (χ1v) is 11.3. The second-order valence-electron chi connectivity index (χ2n) is 7.13. The number of carbonyl (C=O) groups is 1. The summed E-state index contributed by atoms with van der Waals surface area (Å²) >= 11 is 5.86. The molecule has 156 valence electrons. The van der Waals surface area contributed by atoms with Crippen LogP contribution in [-0.4, -0.2) is 38.8 Å². The molecule has 2 atom stereocenters. The maximum atomic E-state index is 12.9. The van der Waals surface area contributed by atoms with Crippen molar-refractivity contribution in [1.82, 2.24) is 9.62 Å². The molecule has 2 aromatic rings. The molecule has 1 amide bonds. The Morgan fingerprint density at radius 1 is 1.21 bits per heavy atom. The largest absolute Gasteiger partial charge is 0.496 e. The van der Waals surface area contributed by atoms with Crippen molar-refractivity contribution in [2.45, 2.75) is 30.7 Å². The van der Waals surface area contributed by atoms with E-state index in [-0.39, 0.29) is 23.4 Å². The third-order valence-corrected chi connectivity index (χ3v) is 7.30. The molecule has 1 N–H and O–H groups in total. The fraction of sp³-hybridized carbons (Fsp3) is 0.381. The van der Waals surface area contributed by atoms with E-state index in [1.807, 2.05) is 31.2 Å². The fourth-order valence-electron chi connectivity index (χ4n) is 3.56. The van der Waals surface area contributed by atoms with Gasteiger partial charge >= 0.3 is 0 Å². The van der Waals surface area contributed by atoms with Crippen LogP contribution in [-0.2, 0) is 14.8 Å². The molecule has 1 fully saturated rings. The van der Waals surface area contributed by atoms with Crippen LogP contribution in [0.3, 0.4) is 0 Å². The standard InChI is InChI=1S/C21H25ClN2O4S/c1-15(19-7-3-4-8-20(19)28-2)23-21(25)16-6-5-13-24(14-16)29(26,27)18-11-9-17(22)10-12-18/h3-4,7-12,15-16H,5-6,13-14H2,1-2H3,(H,23,25). The molecule has 3 rings (SSSR count). The number of nitrogens with one attached hydrogen (secondary N) is 1. The molecule has 8 heteroatoms. The van der Waals surface area contributed by atoms with Gasteiger partial charge in [-0.05, 0) is 50.1 Å². The molecule has 2 unspecified atom stereocenters. The lowest BCUT2D eigenvalue weighted by Crippen LogP contribution is -2.45. The van der Waals surface area contributed by atoms with E-state index < -0.39 is 15.9 Å². The number of piperidine rings is 1. The predicted molar refractivity (Wildman–Crippen MR) is 112 cm³/mol. The summed E-state index contributed by atoms with van der Waals surface area (Å²) in [7, 11) is -2.07. The van der Waals surface area contributed by atoms with Crippen molar-refractivity contribution in [1.29, 1.82) is 0 Å². The van der Waals surface area contributed by atoms with Gasteiger partial charge in [-0.25, -0.2) is 8.42 Å². The third-order valence-electron chi connectivity index (χ3n) is 5.17. The summed E-state index contributed by atoms with van der Waals surface area (Å²) in [5.41, 5.74) is 0.879. The summed E-state index contributed by atoms with van der Waals surface area (Å²) in [6.07, 6.45) is 1.28. The average Bonchev–Trinajstić information content (AvgIpc) is 2.74. The van der Waals surface area contributed by atoms with Crippen molar-refractivity contribution in [2.24, 2.45) is 5.92 Å². The molecule has 0 spiro atoms. The molecule has 1 aliphatic rings. The minimum Gasteiger partial charge on any atom is -0.496 e. The van der Waals surface area contributed by atoms with E-state index in [1.54, 1.807) is 19.2 Å². The van der Waals surface area contributed by atoms with Gasteiger partial charge in [0.15, 0.2) is 0 Å². The van der Waals surface area contributed by atoms with Crippen LogP contribution < -0.4 is 10.1 Å². The van der Waals surface area contributed by atoms with Crippen LogP contribution in [0, 0.1) is 5.92 Å². The number of hydrogen-bond acceptors (Lipinski definition) is 4. The van der Waals surface area contributed by atoms with Crippen LogP contribution in [0.25, 0.3) is 0 Å². The van der Waals surface area contributed by atoms with E-state index in [0.717, 1.165) is 5.56 Å². The van der Waals surface area contributed by atoms with Gasteiger partial charge in [0.1, 0.15) is 5.75 Å². The van der Waals surface area contributed by atoms with Crippen molar-refractivity contribution in [3.63, 3.8) is 0 Å². The Morgan fingerprint density at radius 2 is 1.90 bits per heavy atom. The summed E-state index contributed by atoms with van der Waals surface area (Å²) in [5, 5.41) is 3.48. The monoisotopic (exact) mass is 436 g/mol. The summed E-state index contributed by atoms with van der Waals surface area (Å²) in [6, 6.07) is 13.4. The average molecular weight is 437 g/mol. The second kappa shape index (κ2) is 9.15.